The quantitative estimate of drug-likeness (QED) is 0.612. The molecule has 5 heteroatoms. The molecule has 0 N–H and O–H groups in total. The molecule has 0 saturated carbocycles. The van der Waals surface area contributed by atoms with Crippen LogP contribution in [-0.2, 0) is 4.74 Å². The lowest BCUT2D eigenvalue weighted by molar-refractivity contribution is 0.175. The molecule has 1 heterocycles. The molecule has 58 valence electrons. The summed E-state index contributed by atoms with van der Waals surface area (Å²) in [5, 5.41) is 20.9. The van der Waals surface area contributed by atoms with Crippen molar-refractivity contribution in [2.24, 2.45) is 0 Å². The monoisotopic (exact) mass is 186 g/mol. The van der Waals surface area contributed by atoms with Crippen molar-refractivity contribution in [2.45, 2.75) is 17.1 Å². The Kier molecular flexibility index (Phi) is 3.58. The molecule has 1 aliphatic heterocycles. The van der Waals surface area contributed by atoms with Crippen LogP contribution in [0.4, 0.5) is 0 Å². The van der Waals surface area contributed by atoms with E-state index < -0.39 is 0 Å². The Morgan fingerprint density at radius 2 is 2.00 bits per heavy atom. The summed E-state index contributed by atoms with van der Waals surface area (Å²) < 4.78 is 5.23. The normalized spacial score (nSPS) is 29.3. The largest absolute Gasteiger partial charge is 0.365 e. The zero-order chi connectivity index (χ0) is 8.10. The summed E-state index contributed by atoms with van der Waals surface area (Å²) in [6.07, 6.45) is 0.873. The van der Waals surface area contributed by atoms with Crippen molar-refractivity contribution in [3.05, 3.63) is 0 Å². The van der Waals surface area contributed by atoms with E-state index in [2.05, 4.69) is 0 Å². The minimum absolute atomic E-state index is 0.107. The number of ether oxygens (including phenoxy) is 1. The minimum Gasteiger partial charge on any atom is -0.365 e. The zero-order valence-corrected chi connectivity index (χ0v) is 7.32. The first-order chi connectivity index (χ1) is 5.38. The molecule has 0 unspecified atom stereocenters. The Morgan fingerprint density at radius 3 is 2.64 bits per heavy atom. The zero-order valence-electron chi connectivity index (χ0n) is 5.69. The number of hydrogen-bond donors (Lipinski definition) is 0. The third-order valence-electron chi connectivity index (χ3n) is 1.36. The van der Waals surface area contributed by atoms with Crippen LogP contribution >= 0.6 is 23.5 Å². The van der Waals surface area contributed by atoms with Crippen LogP contribution in [-0.4, -0.2) is 17.3 Å². The first-order valence-electron chi connectivity index (χ1n) is 3.09. The summed E-state index contributed by atoms with van der Waals surface area (Å²) in [5.41, 5.74) is -0.107. The third kappa shape index (κ3) is 2.30. The summed E-state index contributed by atoms with van der Waals surface area (Å²) in [4.78, 5) is 0. The maximum Gasteiger partial charge on any atom is 0.136 e. The molecular formula is C6H6N2OS2. The molecule has 1 fully saturated rings. The SMILES string of the molecule is N#CS[C@@H]1CCO[C@H]1SC#N. The average molecular weight is 186 g/mol. The maximum atomic E-state index is 8.38. The summed E-state index contributed by atoms with van der Waals surface area (Å²) in [6.45, 7) is 0.665. The van der Waals surface area contributed by atoms with E-state index in [1.807, 2.05) is 10.8 Å². The lowest BCUT2D eigenvalue weighted by atomic mass is 10.4. The summed E-state index contributed by atoms with van der Waals surface area (Å²) in [6, 6.07) is 0. The van der Waals surface area contributed by atoms with Crippen molar-refractivity contribution in [1.29, 1.82) is 10.5 Å². The molecule has 3 nitrogen and oxygen atoms in total. The molecule has 0 aromatic carbocycles. The van der Waals surface area contributed by atoms with Gasteiger partial charge in [-0.1, -0.05) is 0 Å². The van der Waals surface area contributed by atoms with E-state index in [0.29, 0.717) is 6.61 Å². The van der Waals surface area contributed by atoms with Gasteiger partial charge < -0.3 is 4.74 Å². The minimum atomic E-state index is -0.107. The first kappa shape index (κ1) is 8.73. The second-order valence-corrected chi connectivity index (χ2v) is 3.89. The fraction of sp³-hybridized carbons (Fsp3) is 0.667. The summed E-state index contributed by atoms with van der Waals surface area (Å²) in [7, 11) is 0. The van der Waals surface area contributed by atoms with E-state index in [1.165, 1.54) is 11.8 Å². The van der Waals surface area contributed by atoms with Crippen LogP contribution in [0.15, 0.2) is 0 Å². The van der Waals surface area contributed by atoms with Crippen LogP contribution in [0.3, 0.4) is 0 Å². The summed E-state index contributed by atoms with van der Waals surface area (Å²) in [5.74, 6) is 0. The molecule has 1 rings (SSSR count). The molecule has 0 aromatic heterocycles. The lowest BCUT2D eigenvalue weighted by Crippen LogP contribution is -2.12. The molecule has 1 aliphatic rings. The van der Waals surface area contributed by atoms with Gasteiger partial charge in [0.2, 0.25) is 0 Å². The van der Waals surface area contributed by atoms with Crippen molar-refractivity contribution < 1.29 is 4.74 Å². The van der Waals surface area contributed by atoms with Crippen LogP contribution in [0.25, 0.3) is 0 Å². The number of thiocyanates is 2. The Bertz CT molecular complexity index is 186. The molecule has 0 spiro atoms. The standard InChI is InChI=1S/C6H6N2OS2/c7-3-10-5-1-2-9-6(5)11-4-8/h5-6H,1-2H2/t5-,6+/m1/s1. The topological polar surface area (TPSA) is 56.8 Å². The van der Waals surface area contributed by atoms with Gasteiger partial charge in [-0.25, -0.2) is 0 Å². The summed E-state index contributed by atoms with van der Waals surface area (Å²) >= 11 is 2.29. The molecule has 0 aliphatic carbocycles. The van der Waals surface area contributed by atoms with Gasteiger partial charge in [0, 0.05) is 6.61 Å². The van der Waals surface area contributed by atoms with E-state index in [9.17, 15) is 0 Å². The smallest absolute Gasteiger partial charge is 0.136 e. The maximum absolute atomic E-state index is 8.38. The van der Waals surface area contributed by atoms with Gasteiger partial charge in [-0.05, 0) is 29.9 Å². The molecule has 11 heavy (non-hydrogen) atoms. The highest BCUT2D eigenvalue weighted by molar-refractivity contribution is 8.08. The van der Waals surface area contributed by atoms with E-state index >= 15 is 0 Å². The molecule has 2 atom stereocenters. The number of thioether (sulfide) groups is 2. The number of rotatable bonds is 2. The third-order valence-corrected chi connectivity index (χ3v) is 3.23. The van der Waals surface area contributed by atoms with Crippen molar-refractivity contribution in [3.63, 3.8) is 0 Å². The van der Waals surface area contributed by atoms with E-state index in [4.69, 9.17) is 15.3 Å². The van der Waals surface area contributed by atoms with Crippen LogP contribution in [0.5, 0.6) is 0 Å². The van der Waals surface area contributed by atoms with Gasteiger partial charge >= 0.3 is 0 Å². The molecular weight excluding hydrogens is 180 g/mol. The fourth-order valence-electron chi connectivity index (χ4n) is 0.888. The van der Waals surface area contributed by atoms with Gasteiger partial charge in [0.05, 0.1) is 5.25 Å². The highest BCUT2D eigenvalue weighted by atomic mass is 32.2. The molecule has 1 saturated heterocycles. The van der Waals surface area contributed by atoms with Crippen LogP contribution in [0.2, 0.25) is 0 Å². The second-order valence-electron chi connectivity index (χ2n) is 1.98. The van der Waals surface area contributed by atoms with Gasteiger partial charge in [0.1, 0.15) is 16.2 Å². The van der Waals surface area contributed by atoms with Crippen LogP contribution in [0.1, 0.15) is 6.42 Å². The van der Waals surface area contributed by atoms with Gasteiger partial charge in [0.25, 0.3) is 0 Å². The Hall–Kier alpha value is -0.360. The highest BCUT2D eigenvalue weighted by Gasteiger charge is 2.29. The first-order valence-corrected chi connectivity index (χ1v) is 4.85. The average Bonchev–Trinajstić information content (AvgIpc) is 2.39. The van der Waals surface area contributed by atoms with Gasteiger partial charge in [-0.15, -0.1) is 0 Å². The van der Waals surface area contributed by atoms with Crippen molar-refractivity contribution in [1.82, 2.24) is 0 Å². The highest BCUT2D eigenvalue weighted by Crippen LogP contribution is 2.31. The lowest BCUT2D eigenvalue weighted by Gasteiger charge is -2.08. The molecule has 0 amide bonds. The Morgan fingerprint density at radius 1 is 1.27 bits per heavy atom. The van der Waals surface area contributed by atoms with E-state index in [1.54, 1.807) is 0 Å². The van der Waals surface area contributed by atoms with Crippen LogP contribution < -0.4 is 0 Å². The van der Waals surface area contributed by atoms with Crippen LogP contribution in [0, 0.1) is 21.3 Å². The van der Waals surface area contributed by atoms with E-state index in [0.717, 1.165) is 18.2 Å². The Labute approximate surface area is 73.7 Å². The predicted molar refractivity (Wildman–Crippen MR) is 44.6 cm³/mol. The van der Waals surface area contributed by atoms with Gasteiger partial charge in [0.15, 0.2) is 0 Å². The molecule has 0 aromatic rings. The van der Waals surface area contributed by atoms with Gasteiger partial charge in [-0.3, -0.25) is 0 Å². The van der Waals surface area contributed by atoms with Crippen molar-refractivity contribution in [3.8, 4) is 10.8 Å². The second kappa shape index (κ2) is 4.50. The number of nitriles is 2. The number of hydrogen-bond acceptors (Lipinski definition) is 5. The van der Waals surface area contributed by atoms with E-state index in [-0.39, 0.29) is 10.7 Å². The van der Waals surface area contributed by atoms with Crippen molar-refractivity contribution in [2.75, 3.05) is 6.61 Å². The molecule has 0 radical (unpaired) electrons. The van der Waals surface area contributed by atoms with Crippen molar-refractivity contribution >= 4 is 23.5 Å². The molecule has 0 bridgehead atoms. The van der Waals surface area contributed by atoms with Gasteiger partial charge in [-0.2, -0.15) is 10.5 Å². The Balaban J connectivity index is 2.40. The number of nitrogens with zero attached hydrogens (tertiary/aromatic N) is 2. The predicted octanol–water partition coefficient (Wildman–Crippen LogP) is 1.53. The fourth-order valence-corrected chi connectivity index (χ4v) is 2.32.